The van der Waals surface area contributed by atoms with E-state index in [0.717, 1.165) is 11.3 Å². The van der Waals surface area contributed by atoms with Gasteiger partial charge < -0.3 is 15.5 Å². The Morgan fingerprint density at radius 2 is 1.65 bits per heavy atom. The Morgan fingerprint density at radius 1 is 1.00 bits per heavy atom. The maximum absolute atomic E-state index is 12.5. The molecule has 0 radical (unpaired) electrons. The smallest absolute Gasteiger partial charge is 0.321 e. The van der Waals surface area contributed by atoms with Crippen molar-refractivity contribution < 1.29 is 9.59 Å². The number of halogens is 1. The van der Waals surface area contributed by atoms with E-state index >= 15 is 0 Å². The maximum atomic E-state index is 12.5. The van der Waals surface area contributed by atoms with E-state index in [1.807, 2.05) is 31.2 Å². The van der Waals surface area contributed by atoms with E-state index in [2.05, 4.69) is 10.6 Å². The number of para-hydroxylation sites is 1. The molecule has 6 heteroatoms. The summed E-state index contributed by atoms with van der Waals surface area (Å²) in [4.78, 5) is 26.6. The van der Waals surface area contributed by atoms with Crippen LogP contribution in [0.2, 0.25) is 5.02 Å². The fraction of sp³-hybridized carbons (Fsp3) is 0.300. The fourth-order valence-corrected chi connectivity index (χ4v) is 3.15. The minimum Gasteiger partial charge on any atom is -0.326 e. The van der Waals surface area contributed by atoms with Crippen molar-refractivity contribution in [3.8, 4) is 0 Å². The number of hydrogen-bond donors (Lipinski definition) is 2. The Hall–Kier alpha value is -2.53. The van der Waals surface area contributed by atoms with Crippen LogP contribution in [0.25, 0.3) is 0 Å². The SMILES string of the molecule is Cc1ccccc1NC(=O)C1CCN(C(=O)Nc2ccc(Cl)cc2)CC1. The molecule has 1 aliphatic heterocycles. The van der Waals surface area contributed by atoms with E-state index in [0.29, 0.717) is 36.6 Å². The highest BCUT2D eigenvalue weighted by Gasteiger charge is 2.27. The molecule has 0 saturated carbocycles. The van der Waals surface area contributed by atoms with Gasteiger partial charge in [0.05, 0.1) is 0 Å². The van der Waals surface area contributed by atoms with Gasteiger partial charge in [-0.15, -0.1) is 0 Å². The lowest BCUT2D eigenvalue weighted by Crippen LogP contribution is -2.43. The van der Waals surface area contributed by atoms with Crippen molar-refractivity contribution in [2.75, 3.05) is 23.7 Å². The number of hydrogen-bond acceptors (Lipinski definition) is 2. The summed E-state index contributed by atoms with van der Waals surface area (Å²) in [5.74, 6) is -0.0498. The number of anilines is 2. The molecule has 3 amide bonds. The Labute approximate surface area is 158 Å². The zero-order valence-electron chi connectivity index (χ0n) is 14.7. The third-order valence-electron chi connectivity index (χ3n) is 4.65. The number of carbonyl (C=O) groups excluding carboxylic acids is 2. The summed E-state index contributed by atoms with van der Waals surface area (Å²) in [6.07, 6.45) is 1.32. The molecule has 2 aromatic carbocycles. The monoisotopic (exact) mass is 371 g/mol. The molecule has 0 aliphatic carbocycles. The zero-order valence-corrected chi connectivity index (χ0v) is 15.4. The van der Waals surface area contributed by atoms with Gasteiger partial charge in [-0.1, -0.05) is 29.8 Å². The first kappa shape index (κ1) is 18.3. The zero-order chi connectivity index (χ0) is 18.5. The van der Waals surface area contributed by atoms with Crippen LogP contribution in [-0.4, -0.2) is 29.9 Å². The number of aryl methyl sites for hydroxylation is 1. The minimum absolute atomic E-state index is 0.0251. The van der Waals surface area contributed by atoms with Crippen molar-refractivity contribution in [3.05, 3.63) is 59.1 Å². The predicted octanol–water partition coefficient (Wildman–Crippen LogP) is 4.53. The van der Waals surface area contributed by atoms with Gasteiger partial charge in [0.25, 0.3) is 0 Å². The maximum Gasteiger partial charge on any atom is 0.321 e. The topological polar surface area (TPSA) is 61.4 Å². The molecule has 0 atom stereocenters. The Bertz CT molecular complexity index is 784. The molecule has 0 bridgehead atoms. The van der Waals surface area contributed by atoms with E-state index in [4.69, 9.17) is 11.6 Å². The first-order chi connectivity index (χ1) is 12.5. The van der Waals surface area contributed by atoms with E-state index in [-0.39, 0.29) is 17.9 Å². The number of urea groups is 1. The van der Waals surface area contributed by atoms with Crippen LogP contribution in [0.1, 0.15) is 18.4 Å². The summed E-state index contributed by atoms with van der Waals surface area (Å²) >= 11 is 5.85. The van der Waals surface area contributed by atoms with Crippen LogP contribution in [0.4, 0.5) is 16.2 Å². The highest BCUT2D eigenvalue weighted by molar-refractivity contribution is 6.30. The molecule has 26 heavy (non-hydrogen) atoms. The van der Waals surface area contributed by atoms with E-state index < -0.39 is 0 Å². The summed E-state index contributed by atoms with van der Waals surface area (Å²) in [6, 6.07) is 14.6. The van der Waals surface area contributed by atoms with Gasteiger partial charge in [-0.05, 0) is 55.7 Å². The predicted molar refractivity (Wildman–Crippen MR) is 105 cm³/mol. The quantitative estimate of drug-likeness (QED) is 0.832. The number of likely N-dealkylation sites (tertiary alicyclic amines) is 1. The fourth-order valence-electron chi connectivity index (χ4n) is 3.03. The van der Waals surface area contributed by atoms with E-state index in [1.54, 1.807) is 29.2 Å². The van der Waals surface area contributed by atoms with E-state index in [1.165, 1.54) is 0 Å². The minimum atomic E-state index is -0.148. The number of nitrogens with zero attached hydrogens (tertiary/aromatic N) is 1. The molecule has 0 spiro atoms. The van der Waals surface area contributed by atoms with Gasteiger partial charge in [0.2, 0.25) is 5.91 Å². The van der Waals surface area contributed by atoms with Crippen LogP contribution in [0.15, 0.2) is 48.5 Å². The third kappa shape index (κ3) is 4.55. The Balaban J connectivity index is 1.50. The summed E-state index contributed by atoms with van der Waals surface area (Å²) in [5, 5.41) is 6.48. The number of nitrogens with one attached hydrogen (secondary N) is 2. The van der Waals surface area contributed by atoms with Crippen LogP contribution < -0.4 is 10.6 Å². The lowest BCUT2D eigenvalue weighted by atomic mass is 9.96. The summed E-state index contributed by atoms with van der Waals surface area (Å²) in [7, 11) is 0. The largest absolute Gasteiger partial charge is 0.326 e. The van der Waals surface area contributed by atoms with Gasteiger partial charge in [0, 0.05) is 35.4 Å². The number of rotatable bonds is 3. The molecule has 1 fully saturated rings. The second-order valence-electron chi connectivity index (χ2n) is 6.50. The van der Waals surface area contributed by atoms with Crippen LogP contribution in [0.3, 0.4) is 0 Å². The average Bonchev–Trinajstić information content (AvgIpc) is 2.65. The number of benzene rings is 2. The summed E-state index contributed by atoms with van der Waals surface area (Å²) < 4.78 is 0. The molecular weight excluding hydrogens is 350 g/mol. The molecular formula is C20H22ClN3O2. The van der Waals surface area contributed by atoms with Crippen molar-refractivity contribution in [2.24, 2.45) is 5.92 Å². The van der Waals surface area contributed by atoms with Crippen molar-refractivity contribution >= 4 is 34.9 Å². The third-order valence-corrected chi connectivity index (χ3v) is 4.90. The standard InChI is InChI=1S/C20H22ClN3O2/c1-14-4-2-3-5-18(14)23-19(25)15-10-12-24(13-11-15)20(26)22-17-8-6-16(21)7-9-17/h2-9,15H,10-13H2,1H3,(H,22,26)(H,23,25). The molecule has 5 nitrogen and oxygen atoms in total. The van der Waals surface area contributed by atoms with Gasteiger partial charge in [0.15, 0.2) is 0 Å². The van der Waals surface area contributed by atoms with E-state index in [9.17, 15) is 9.59 Å². The lowest BCUT2D eigenvalue weighted by Gasteiger charge is -2.31. The summed E-state index contributed by atoms with van der Waals surface area (Å²) in [6.45, 7) is 3.09. The molecule has 136 valence electrons. The summed E-state index contributed by atoms with van der Waals surface area (Å²) in [5.41, 5.74) is 2.60. The molecule has 3 rings (SSSR count). The molecule has 0 unspecified atom stereocenters. The van der Waals surface area contributed by atoms with Crippen molar-refractivity contribution in [1.29, 1.82) is 0 Å². The van der Waals surface area contributed by atoms with Crippen molar-refractivity contribution in [2.45, 2.75) is 19.8 Å². The Kier molecular flexibility index (Phi) is 5.78. The van der Waals surface area contributed by atoms with Gasteiger partial charge in [-0.25, -0.2) is 4.79 Å². The van der Waals surface area contributed by atoms with Crippen molar-refractivity contribution in [3.63, 3.8) is 0 Å². The second-order valence-corrected chi connectivity index (χ2v) is 6.94. The van der Waals surface area contributed by atoms with Crippen molar-refractivity contribution in [1.82, 2.24) is 4.90 Å². The molecule has 2 N–H and O–H groups in total. The first-order valence-electron chi connectivity index (χ1n) is 8.71. The number of amides is 3. The van der Waals surface area contributed by atoms with Gasteiger partial charge in [-0.2, -0.15) is 0 Å². The second kappa shape index (κ2) is 8.23. The van der Waals surface area contributed by atoms with Crippen LogP contribution >= 0.6 is 11.6 Å². The highest BCUT2D eigenvalue weighted by Crippen LogP contribution is 2.22. The molecule has 1 heterocycles. The van der Waals surface area contributed by atoms with Crippen LogP contribution in [-0.2, 0) is 4.79 Å². The molecule has 2 aromatic rings. The van der Waals surface area contributed by atoms with Gasteiger partial charge in [0.1, 0.15) is 0 Å². The number of piperidine rings is 1. The van der Waals surface area contributed by atoms with Gasteiger partial charge in [-0.3, -0.25) is 4.79 Å². The van der Waals surface area contributed by atoms with Crippen LogP contribution in [0, 0.1) is 12.8 Å². The average molecular weight is 372 g/mol. The molecule has 1 aliphatic rings. The Morgan fingerprint density at radius 3 is 2.31 bits per heavy atom. The first-order valence-corrected chi connectivity index (χ1v) is 9.09. The number of carbonyl (C=O) groups is 2. The lowest BCUT2D eigenvalue weighted by molar-refractivity contribution is -0.121. The highest BCUT2D eigenvalue weighted by atomic mass is 35.5. The normalized spacial score (nSPS) is 14.8. The molecule has 1 saturated heterocycles. The van der Waals surface area contributed by atoms with Gasteiger partial charge >= 0.3 is 6.03 Å². The van der Waals surface area contributed by atoms with Crippen LogP contribution in [0.5, 0.6) is 0 Å². The molecule has 0 aromatic heterocycles.